The highest BCUT2D eigenvalue weighted by Gasteiger charge is 2.18. The molecule has 106 valence electrons. The molecule has 0 atom stereocenters. The predicted octanol–water partition coefficient (Wildman–Crippen LogP) is 1.22. The predicted molar refractivity (Wildman–Crippen MR) is 74.7 cm³/mol. The maximum atomic E-state index is 11.9. The van der Waals surface area contributed by atoms with Gasteiger partial charge in [0.05, 0.1) is 12.2 Å². The molecule has 0 aromatic carbocycles. The standard InChI is InChI=1S/C14H24N4O/c1-11-12(9-18(3)16-11)8-17(2)10-14(19)15-13-6-4-5-7-13/h9,13H,4-8,10H2,1-3H3,(H,15,19). The average Bonchev–Trinajstić information content (AvgIpc) is 2.89. The second-order valence-corrected chi connectivity index (χ2v) is 5.63. The van der Waals surface area contributed by atoms with E-state index in [9.17, 15) is 4.79 Å². The number of nitrogens with one attached hydrogen (secondary N) is 1. The number of amides is 1. The van der Waals surface area contributed by atoms with Gasteiger partial charge >= 0.3 is 0 Å². The van der Waals surface area contributed by atoms with Crippen LogP contribution < -0.4 is 5.32 Å². The molecule has 1 aliphatic carbocycles. The molecule has 1 fully saturated rings. The summed E-state index contributed by atoms with van der Waals surface area (Å²) in [5.41, 5.74) is 2.21. The highest BCUT2D eigenvalue weighted by atomic mass is 16.2. The lowest BCUT2D eigenvalue weighted by molar-refractivity contribution is -0.122. The van der Waals surface area contributed by atoms with E-state index >= 15 is 0 Å². The number of aryl methyl sites for hydroxylation is 2. The van der Waals surface area contributed by atoms with Crippen LogP contribution in [-0.2, 0) is 18.4 Å². The van der Waals surface area contributed by atoms with Crippen LogP contribution in [0, 0.1) is 6.92 Å². The van der Waals surface area contributed by atoms with Gasteiger partial charge in [0.2, 0.25) is 5.91 Å². The number of carbonyl (C=O) groups excluding carboxylic acids is 1. The van der Waals surface area contributed by atoms with Crippen LogP contribution in [0.4, 0.5) is 0 Å². The SMILES string of the molecule is Cc1nn(C)cc1CN(C)CC(=O)NC1CCCC1. The molecule has 0 radical (unpaired) electrons. The largest absolute Gasteiger partial charge is 0.352 e. The van der Waals surface area contributed by atoms with Crippen LogP contribution in [0.3, 0.4) is 0 Å². The topological polar surface area (TPSA) is 50.2 Å². The van der Waals surface area contributed by atoms with E-state index in [2.05, 4.69) is 10.4 Å². The normalized spacial score (nSPS) is 16.2. The third-order valence-corrected chi connectivity index (χ3v) is 3.69. The van der Waals surface area contributed by atoms with Gasteiger partial charge in [-0.05, 0) is 26.8 Å². The highest BCUT2D eigenvalue weighted by Crippen LogP contribution is 2.17. The van der Waals surface area contributed by atoms with E-state index in [0.29, 0.717) is 12.6 Å². The smallest absolute Gasteiger partial charge is 0.234 e. The molecule has 0 bridgehead atoms. The summed E-state index contributed by atoms with van der Waals surface area (Å²) >= 11 is 0. The fraction of sp³-hybridized carbons (Fsp3) is 0.714. The van der Waals surface area contributed by atoms with Gasteiger partial charge in [0.25, 0.3) is 0 Å². The molecule has 1 aliphatic rings. The Hall–Kier alpha value is -1.36. The second-order valence-electron chi connectivity index (χ2n) is 5.63. The first-order chi connectivity index (χ1) is 9.04. The van der Waals surface area contributed by atoms with E-state index in [0.717, 1.165) is 25.1 Å². The number of hydrogen-bond acceptors (Lipinski definition) is 3. The zero-order valence-corrected chi connectivity index (χ0v) is 12.1. The van der Waals surface area contributed by atoms with Gasteiger partial charge in [-0.1, -0.05) is 12.8 Å². The van der Waals surface area contributed by atoms with Crippen molar-refractivity contribution in [1.29, 1.82) is 0 Å². The van der Waals surface area contributed by atoms with Gasteiger partial charge in [0.15, 0.2) is 0 Å². The van der Waals surface area contributed by atoms with Crippen LogP contribution in [0.1, 0.15) is 36.9 Å². The first-order valence-corrected chi connectivity index (χ1v) is 7.01. The molecule has 5 heteroatoms. The maximum absolute atomic E-state index is 11.9. The molecule has 0 spiro atoms. The Morgan fingerprint density at radius 3 is 2.79 bits per heavy atom. The van der Waals surface area contributed by atoms with Gasteiger partial charge in [-0.15, -0.1) is 0 Å². The van der Waals surface area contributed by atoms with Gasteiger partial charge in [0.1, 0.15) is 0 Å². The molecule has 1 N–H and O–H groups in total. The number of nitrogens with zero attached hydrogens (tertiary/aromatic N) is 3. The van der Waals surface area contributed by atoms with Crippen LogP contribution in [0.25, 0.3) is 0 Å². The summed E-state index contributed by atoms with van der Waals surface area (Å²) in [6, 6.07) is 0.404. The minimum Gasteiger partial charge on any atom is -0.352 e. The van der Waals surface area contributed by atoms with Crippen LogP contribution in [0.5, 0.6) is 0 Å². The fourth-order valence-electron chi connectivity index (χ4n) is 2.74. The van der Waals surface area contributed by atoms with Crippen molar-refractivity contribution in [3.05, 3.63) is 17.5 Å². The first kappa shape index (κ1) is 14.1. The molecular weight excluding hydrogens is 240 g/mol. The fourth-order valence-corrected chi connectivity index (χ4v) is 2.74. The van der Waals surface area contributed by atoms with Gasteiger partial charge in [0, 0.05) is 31.4 Å². The van der Waals surface area contributed by atoms with E-state index in [-0.39, 0.29) is 5.91 Å². The zero-order chi connectivity index (χ0) is 13.8. The number of aromatic nitrogens is 2. The number of carbonyl (C=O) groups is 1. The summed E-state index contributed by atoms with van der Waals surface area (Å²) in [4.78, 5) is 14.0. The Labute approximate surface area is 115 Å². The minimum absolute atomic E-state index is 0.135. The Balaban J connectivity index is 1.78. The Kier molecular flexibility index (Phi) is 4.58. The van der Waals surface area contributed by atoms with Crippen molar-refractivity contribution in [2.75, 3.05) is 13.6 Å². The van der Waals surface area contributed by atoms with Gasteiger partial charge in [-0.25, -0.2) is 0 Å². The summed E-state index contributed by atoms with van der Waals surface area (Å²) in [7, 11) is 3.89. The van der Waals surface area contributed by atoms with Crippen molar-refractivity contribution in [2.45, 2.75) is 45.2 Å². The third kappa shape index (κ3) is 4.06. The Morgan fingerprint density at radius 1 is 1.53 bits per heavy atom. The van der Waals surface area contributed by atoms with Gasteiger partial charge in [-0.2, -0.15) is 5.10 Å². The average molecular weight is 264 g/mol. The number of likely N-dealkylation sites (N-methyl/N-ethyl adjacent to an activating group) is 1. The summed E-state index contributed by atoms with van der Waals surface area (Å²) in [6.07, 6.45) is 6.78. The Morgan fingerprint density at radius 2 is 2.21 bits per heavy atom. The van der Waals surface area contributed by atoms with Crippen molar-refractivity contribution in [3.8, 4) is 0 Å². The minimum atomic E-state index is 0.135. The van der Waals surface area contributed by atoms with Gasteiger partial charge in [-0.3, -0.25) is 14.4 Å². The van der Waals surface area contributed by atoms with Crippen molar-refractivity contribution in [3.63, 3.8) is 0 Å². The van der Waals surface area contributed by atoms with Crippen LogP contribution in [0.15, 0.2) is 6.20 Å². The van der Waals surface area contributed by atoms with E-state index in [1.54, 1.807) is 0 Å². The lowest BCUT2D eigenvalue weighted by Crippen LogP contribution is -2.39. The maximum Gasteiger partial charge on any atom is 0.234 e. The summed E-state index contributed by atoms with van der Waals surface area (Å²) in [5.74, 6) is 0.135. The molecule has 19 heavy (non-hydrogen) atoms. The number of hydrogen-bond donors (Lipinski definition) is 1. The summed E-state index contributed by atoms with van der Waals surface area (Å²) < 4.78 is 1.82. The molecule has 1 amide bonds. The molecule has 5 nitrogen and oxygen atoms in total. The van der Waals surface area contributed by atoms with Crippen molar-refractivity contribution >= 4 is 5.91 Å². The van der Waals surface area contributed by atoms with E-state index in [1.165, 1.54) is 18.4 Å². The zero-order valence-electron chi connectivity index (χ0n) is 12.1. The molecule has 2 rings (SSSR count). The first-order valence-electron chi connectivity index (χ1n) is 7.01. The molecule has 0 aliphatic heterocycles. The lowest BCUT2D eigenvalue weighted by Gasteiger charge is -2.18. The van der Waals surface area contributed by atoms with Crippen molar-refractivity contribution in [1.82, 2.24) is 20.0 Å². The van der Waals surface area contributed by atoms with E-state index < -0.39 is 0 Å². The second kappa shape index (κ2) is 6.19. The molecule has 1 aromatic heterocycles. The van der Waals surface area contributed by atoms with Crippen LogP contribution in [0.2, 0.25) is 0 Å². The lowest BCUT2D eigenvalue weighted by atomic mass is 10.2. The molecule has 0 saturated heterocycles. The quantitative estimate of drug-likeness (QED) is 0.870. The number of rotatable bonds is 5. The molecular formula is C14H24N4O. The van der Waals surface area contributed by atoms with Crippen LogP contribution in [-0.4, -0.2) is 40.2 Å². The van der Waals surface area contributed by atoms with Crippen LogP contribution >= 0.6 is 0 Å². The van der Waals surface area contributed by atoms with Gasteiger partial charge < -0.3 is 5.32 Å². The van der Waals surface area contributed by atoms with E-state index in [4.69, 9.17) is 0 Å². The van der Waals surface area contributed by atoms with Crippen molar-refractivity contribution < 1.29 is 4.79 Å². The summed E-state index contributed by atoms with van der Waals surface area (Å²) in [6.45, 7) is 3.21. The highest BCUT2D eigenvalue weighted by molar-refractivity contribution is 5.78. The van der Waals surface area contributed by atoms with Crippen molar-refractivity contribution in [2.24, 2.45) is 7.05 Å². The monoisotopic (exact) mass is 264 g/mol. The van der Waals surface area contributed by atoms with E-state index in [1.807, 2.05) is 36.8 Å². The summed E-state index contributed by atoms with van der Waals surface area (Å²) in [5, 5.41) is 7.43. The molecule has 1 heterocycles. The molecule has 1 aromatic rings. The third-order valence-electron chi connectivity index (χ3n) is 3.69. The molecule has 1 saturated carbocycles. The molecule has 0 unspecified atom stereocenters. The Bertz CT molecular complexity index is 435.